The van der Waals surface area contributed by atoms with Gasteiger partial charge < -0.3 is 15.5 Å². The Bertz CT molecular complexity index is 810. The minimum absolute atomic E-state index is 0.101. The maximum atomic E-state index is 11.4. The molecule has 1 aliphatic rings. The molecule has 0 atom stereocenters. The van der Waals surface area contributed by atoms with Gasteiger partial charge in [0.05, 0.1) is 18.4 Å². The molecule has 1 aromatic heterocycles. The van der Waals surface area contributed by atoms with Gasteiger partial charge >= 0.3 is 0 Å². The van der Waals surface area contributed by atoms with Crippen LogP contribution in [0, 0.1) is 0 Å². The van der Waals surface area contributed by atoms with Gasteiger partial charge in [0.1, 0.15) is 5.78 Å². The standard InChI is InChI=1S/C23H30N4O2/c1-18(28)26-12-14-27(15-13-26)22-10-9-21(25-17-22)8-6-19-2-4-20(5-3-19)7-11-23(29)16-24/h2-5,9-10,17H,6-8,11-16,24H2,1H3. The highest BCUT2D eigenvalue weighted by molar-refractivity contribution is 5.80. The molecule has 6 heteroatoms. The molecule has 2 N–H and O–H groups in total. The van der Waals surface area contributed by atoms with Crippen LogP contribution in [0.15, 0.2) is 42.6 Å². The number of aryl methyl sites for hydroxylation is 3. The number of nitrogens with zero attached hydrogens (tertiary/aromatic N) is 3. The molecule has 2 aromatic rings. The van der Waals surface area contributed by atoms with Gasteiger partial charge in [-0.05, 0) is 42.5 Å². The molecule has 3 rings (SSSR count). The van der Waals surface area contributed by atoms with Crippen LogP contribution in [0.4, 0.5) is 5.69 Å². The van der Waals surface area contributed by atoms with Crippen molar-refractivity contribution in [1.82, 2.24) is 9.88 Å². The number of benzene rings is 1. The molecule has 154 valence electrons. The Morgan fingerprint density at radius 1 is 0.931 bits per heavy atom. The number of ketones is 1. The van der Waals surface area contributed by atoms with Crippen molar-refractivity contribution >= 4 is 17.4 Å². The number of pyridine rings is 1. The number of hydrogen-bond donors (Lipinski definition) is 1. The zero-order chi connectivity index (χ0) is 20.6. The topological polar surface area (TPSA) is 79.5 Å². The monoisotopic (exact) mass is 394 g/mol. The predicted molar refractivity (Wildman–Crippen MR) is 115 cm³/mol. The Labute approximate surface area is 172 Å². The zero-order valence-electron chi connectivity index (χ0n) is 17.1. The van der Waals surface area contributed by atoms with E-state index in [1.165, 1.54) is 11.1 Å². The summed E-state index contributed by atoms with van der Waals surface area (Å²) in [5.41, 5.74) is 9.99. The molecule has 0 unspecified atom stereocenters. The highest BCUT2D eigenvalue weighted by atomic mass is 16.2. The number of aromatic nitrogens is 1. The van der Waals surface area contributed by atoms with Gasteiger partial charge in [-0.15, -0.1) is 0 Å². The van der Waals surface area contributed by atoms with Crippen molar-refractivity contribution < 1.29 is 9.59 Å². The largest absolute Gasteiger partial charge is 0.367 e. The van der Waals surface area contributed by atoms with E-state index in [1.54, 1.807) is 6.92 Å². The van der Waals surface area contributed by atoms with Gasteiger partial charge in [0.2, 0.25) is 5.91 Å². The van der Waals surface area contributed by atoms with E-state index < -0.39 is 0 Å². The first-order valence-electron chi connectivity index (χ1n) is 10.3. The maximum Gasteiger partial charge on any atom is 0.219 e. The molecule has 0 radical (unpaired) electrons. The van der Waals surface area contributed by atoms with Gasteiger partial charge in [-0.1, -0.05) is 24.3 Å². The number of hydrogen-bond acceptors (Lipinski definition) is 5. The molecule has 0 spiro atoms. The van der Waals surface area contributed by atoms with Crippen molar-refractivity contribution in [2.45, 2.75) is 32.6 Å². The van der Waals surface area contributed by atoms with Crippen LogP contribution in [0.1, 0.15) is 30.2 Å². The minimum atomic E-state index is 0.101. The first-order chi connectivity index (χ1) is 14.0. The van der Waals surface area contributed by atoms with Crippen LogP contribution in [0.25, 0.3) is 0 Å². The van der Waals surface area contributed by atoms with E-state index in [9.17, 15) is 9.59 Å². The van der Waals surface area contributed by atoms with E-state index in [4.69, 9.17) is 5.73 Å². The Morgan fingerprint density at radius 2 is 1.59 bits per heavy atom. The number of nitrogens with two attached hydrogens (primary N) is 1. The molecule has 0 aliphatic carbocycles. The summed E-state index contributed by atoms with van der Waals surface area (Å²) in [6.07, 6.45) is 5.03. The molecular weight excluding hydrogens is 364 g/mol. The Balaban J connectivity index is 1.46. The third-order valence-electron chi connectivity index (χ3n) is 5.51. The second kappa shape index (κ2) is 10.2. The van der Waals surface area contributed by atoms with Crippen LogP contribution >= 0.6 is 0 Å². The zero-order valence-corrected chi connectivity index (χ0v) is 17.1. The van der Waals surface area contributed by atoms with Gasteiger partial charge in [0.25, 0.3) is 0 Å². The highest BCUT2D eigenvalue weighted by Crippen LogP contribution is 2.17. The van der Waals surface area contributed by atoms with E-state index in [0.717, 1.165) is 56.8 Å². The van der Waals surface area contributed by atoms with Gasteiger partial charge in [-0.3, -0.25) is 14.6 Å². The third-order valence-corrected chi connectivity index (χ3v) is 5.51. The maximum absolute atomic E-state index is 11.4. The quantitative estimate of drug-likeness (QED) is 0.741. The average Bonchev–Trinajstić information content (AvgIpc) is 2.77. The fourth-order valence-electron chi connectivity index (χ4n) is 3.56. The van der Waals surface area contributed by atoms with E-state index >= 15 is 0 Å². The van der Waals surface area contributed by atoms with E-state index in [1.807, 2.05) is 11.1 Å². The van der Waals surface area contributed by atoms with Crippen molar-refractivity contribution in [2.24, 2.45) is 5.73 Å². The second-order valence-electron chi connectivity index (χ2n) is 7.56. The van der Waals surface area contributed by atoms with Crippen molar-refractivity contribution in [2.75, 3.05) is 37.6 Å². The van der Waals surface area contributed by atoms with E-state index in [-0.39, 0.29) is 18.2 Å². The van der Waals surface area contributed by atoms with Crippen LogP contribution in [-0.4, -0.2) is 54.3 Å². The van der Waals surface area contributed by atoms with Gasteiger partial charge in [0.15, 0.2) is 0 Å². The van der Waals surface area contributed by atoms with Gasteiger partial charge in [-0.2, -0.15) is 0 Å². The lowest BCUT2D eigenvalue weighted by Crippen LogP contribution is -2.48. The Kier molecular flexibility index (Phi) is 7.36. The number of amides is 1. The summed E-state index contributed by atoms with van der Waals surface area (Å²) in [7, 11) is 0. The lowest BCUT2D eigenvalue weighted by Gasteiger charge is -2.35. The number of carbonyl (C=O) groups excluding carboxylic acids is 2. The lowest BCUT2D eigenvalue weighted by atomic mass is 10.0. The van der Waals surface area contributed by atoms with Crippen molar-refractivity contribution in [3.8, 4) is 0 Å². The van der Waals surface area contributed by atoms with Crippen LogP contribution in [0.3, 0.4) is 0 Å². The first kappa shape index (κ1) is 21.0. The molecule has 6 nitrogen and oxygen atoms in total. The van der Waals surface area contributed by atoms with Crippen molar-refractivity contribution in [3.05, 3.63) is 59.4 Å². The summed E-state index contributed by atoms with van der Waals surface area (Å²) in [6.45, 7) is 5.00. The number of anilines is 1. The molecular formula is C23H30N4O2. The molecule has 1 aliphatic heterocycles. The van der Waals surface area contributed by atoms with E-state index in [0.29, 0.717) is 6.42 Å². The lowest BCUT2D eigenvalue weighted by molar-refractivity contribution is -0.129. The number of carbonyl (C=O) groups is 2. The molecule has 29 heavy (non-hydrogen) atoms. The van der Waals surface area contributed by atoms with Crippen LogP contribution in [0.5, 0.6) is 0 Å². The van der Waals surface area contributed by atoms with Crippen LogP contribution in [-0.2, 0) is 28.9 Å². The van der Waals surface area contributed by atoms with E-state index in [2.05, 4.69) is 46.3 Å². The normalized spacial score (nSPS) is 14.1. The third kappa shape index (κ3) is 6.12. The van der Waals surface area contributed by atoms with Crippen LogP contribution in [0.2, 0.25) is 0 Å². The molecule has 1 aromatic carbocycles. The first-order valence-corrected chi connectivity index (χ1v) is 10.3. The summed E-state index contributed by atoms with van der Waals surface area (Å²) < 4.78 is 0. The summed E-state index contributed by atoms with van der Waals surface area (Å²) in [4.78, 5) is 31.6. The van der Waals surface area contributed by atoms with Gasteiger partial charge in [0, 0.05) is 45.2 Å². The summed E-state index contributed by atoms with van der Waals surface area (Å²) in [6, 6.07) is 12.7. The molecule has 0 saturated carbocycles. The highest BCUT2D eigenvalue weighted by Gasteiger charge is 2.18. The van der Waals surface area contributed by atoms with Gasteiger partial charge in [-0.25, -0.2) is 0 Å². The molecule has 1 amide bonds. The number of rotatable bonds is 8. The Hall–Kier alpha value is -2.73. The number of Topliss-reactive ketones (excluding diaryl/α,β-unsaturated/α-hetero) is 1. The molecule has 0 bridgehead atoms. The average molecular weight is 395 g/mol. The summed E-state index contributed by atoms with van der Waals surface area (Å²) >= 11 is 0. The smallest absolute Gasteiger partial charge is 0.219 e. The van der Waals surface area contributed by atoms with Crippen molar-refractivity contribution in [1.29, 1.82) is 0 Å². The summed E-state index contributed by atoms with van der Waals surface area (Å²) in [5, 5.41) is 0. The molecule has 2 heterocycles. The Morgan fingerprint density at radius 3 is 2.14 bits per heavy atom. The molecule has 1 saturated heterocycles. The summed E-state index contributed by atoms with van der Waals surface area (Å²) in [5.74, 6) is 0.250. The second-order valence-corrected chi connectivity index (χ2v) is 7.56. The fourth-order valence-corrected chi connectivity index (χ4v) is 3.56. The SMILES string of the molecule is CC(=O)N1CCN(c2ccc(CCc3ccc(CCC(=O)CN)cc3)nc2)CC1. The molecule has 1 fully saturated rings. The fraction of sp³-hybridized carbons (Fsp3) is 0.435. The minimum Gasteiger partial charge on any atom is -0.367 e. The van der Waals surface area contributed by atoms with Crippen molar-refractivity contribution in [3.63, 3.8) is 0 Å². The predicted octanol–water partition coefficient (Wildman–Crippen LogP) is 2.00. The number of piperazine rings is 1. The van der Waals surface area contributed by atoms with Crippen LogP contribution < -0.4 is 10.6 Å².